The first-order chi connectivity index (χ1) is 9.43. The average molecular weight is 276 g/mol. The minimum Gasteiger partial charge on any atom is -0.348 e. The normalized spacial score (nSPS) is 12.8. The van der Waals surface area contributed by atoms with Crippen LogP contribution in [-0.2, 0) is 11.2 Å². The summed E-state index contributed by atoms with van der Waals surface area (Å²) in [5, 5.41) is 6.27. The van der Waals surface area contributed by atoms with E-state index in [4.69, 9.17) is 0 Å². The molecule has 1 unspecified atom stereocenters. The summed E-state index contributed by atoms with van der Waals surface area (Å²) in [5.41, 5.74) is 2.50. The van der Waals surface area contributed by atoms with Crippen LogP contribution in [0.3, 0.4) is 0 Å². The molecule has 0 aliphatic heterocycles. The predicted molar refractivity (Wildman–Crippen MR) is 84.7 cm³/mol. The number of hydrogen-bond acceptors (Lipinski definition) is 2. The van der Waals surface area contributed by atoms with Crippen LogP contribution in [0.1, 0.15) is 51.8 Å². The highest BCUT2D eigenvalue weighted by molar-refractivity contribution is 5.78. The Morgan fingerprint density at radius 3 is 2.15 bits per heavy atom. The molecule has 0 bridgehead atoms. The van der Waals surface area contributed by atoms with Gasteiger partial charge in [-0.2, -0.15) is 0 Å². The summed E-state index contributed by atoms with van der Waals surface area (Å²) in [7, 11) is 0. The Labute approximate surface area is 123 Å². The fourth-order valence-corrected chi connectivity index (χ4v) is 2.12. The molecule has 3 nitrogen and oxygen atoms in total. The van der Waals surface area contributed by atoms with Crippen molar-refractivity contribution in [3.8, 4) is 0 Å². The van der Waals surface area contributed by atoms with Crippen LogP contribution in [0.25, 0.3) is 0 Å². The Morgan fingerprint density at radius 2 is 1.70 bits per heavy atom. The van der Waals surface area contributed by atoms with Crippen LogP contribution in [-0.4, -0.2) is 18.5 Å². The van der Waals surface area contributed by atoms with Gasteiger partial charge in [0, 0.05) is 6.04 Å². The van der Waals surface area contributed by atoms with Crippen LogP contribution in [0, 0.1) is 5.92 Å². The molecule has 2 N–H and O–H groups in total. The topological polar surface area (TPSA) is 41.1 Å². The predicted octanol–water partition coefficient (Wildman–Crippen LogP) is 3.06. The number of benzene rings is 1. The van der Waals surface area contributed by atoms with Gasteiger partial charge in [0.2, 0.25) is 5.91 Å². The second-order valence-corrected chi connectivity index (χ2v) is 5.92. The monoisotopic (exact) mass is 276 g/mol. The third-order valence-electron chi connectivity index (χ3n) is 3.40. The molecule has 0 aromatic heterocycles. The molecule has 0 saturated heterocycles. The lowest BCUT2D eigenvalue weighted by atomic mass is 9.95. The molecule has 0 aliphatic carbocycles. The van der Waals surface area contributed by atoms with Crippen molar-refractivity contribution >= 4 is 5.91 Å². The first kappa shape index (κ1) is 16.7. The lowest BCUT2D eigenvalue weighted by molar-refractivity contribution is -0.121. The lowest BCUT2D eigenvalue weighted by Gasteiger charge is -2.23. The Morgan fingerprint density at radius 1 is 1.10 bits per heavy atom. The van der Waals surface area contributed by atoms with E-state index in [0.29, 0.717) is 18.5 Å². The quantitative estimate of drug-likeness (QED) is 0.803. The van der Waals surface area contributed by atoms with Crippen LogP contribution in [0.4, 0.5) is 0 Å². The summed E-state index contributed by atoms with van der Waals surface area (Å²) >= 11 is 0. The van der Waals surface area contributed by atoms with Crippen molar-refractivity contribution in [2.24, 2.45) is 5.92 Å². The summed E-state index contributed by atoms with van der Waals surface area (Å²) in [6.45, 7) is 10.9. The van der Waals surface area contributed by atoms with E-state index >= 15 is 0 Å². The Balaban J connectivity index is 2.70. The highest BCUT2D eigenvalue weighted by atomic mass is 16.2. The SMILES string of the molecule is CCc1ccc(C(NC(=O)CNC(C)C)C(C)C)cc1. The maximum Gasteiger partial charge on any atom is 0.234 e. The van der Waals surface area contributed by atoms with Crippen molar-refractivity contribution in [1.82, 2.24) is 10.6 Å². The van der Waals surface area contributed by atoms with Crippen molar-refractivity contribution < 1.29 is 4.79 Å². The van der Waals surface area contributed by atoms with E-state index in [9.17, 15) is 4.79 Å². The van der Waals surface area contributed by atoms with Crippen molar-refractivity contribution in [2.45, 2.75) is 53.1 Å². The van der Waals surface area contributed by atoms with Gasteiger partial charge in [0.05, 0.1) is 12.6 Å². The zero-order valence-electron chi connectivity index (χ0n) is 13.4. The average Bonchev–Trinajstić information content (AvgIpc) is 2.42. The van der Waals surface area contributed by atoms with Gasteiger partial charge in [0.25, 0.3) is 0 Å². The molecule has 1 rings (SSSR count). The number of rotatable bonds is 7. The standard InChI is InChI=1S/C17H28N2O/c1-6-14-7-9-15(10-8-14)17(12(2)3)19-16(20)11-18-13(4)5/h7-10,12-13,17-18H,6,11H2,1-5H3,(H,19,20). The lowest BCUT2D eigenvalue weighted by Crippen LogP contribution is -2.40. The molecule has 0 heterocycles. The smallest absolute Gasteiger partial charge is 0.234 e. The van der Waals surface area contributed by atoms with E-state index < -0.39 is 0 Å². The largest absolute Gasteiger partial charge is 0.348 e. The number of aryl methyl sites for hydroxylation is 1. The van der Waals surface area contributed by atoms with Gasteiger partial charge in [-0.15, -0.1) is 0 Å². The zero-order chi connectivity index (χ0) is 15.1. The molecule has 0 fully saturated rings. The Hall–Kier alpha value is -1.35. The second-order valence-electron chi connectivity index (χ2n) is 5.92. The van der Waals surface area contributed by atoms with Crippen LogP contribution in [0.15, 0.2) is 24.3 Å². The molecule has 1 atom stereocenters. The van der Waals surface area contributed by atoms with Crippen molar-refractivity contribution in [2.75, 3.05) is 6.54 Å². The molecular formula is C17H28N2O. The Bertz CT molecular complexity index is 410. The van der Waals surface area contributed by atoms with Crippen LogP contribution >= 0.6 is 0 Å². The van der Waals surface area contributed by atoms with Gasteiger partial charge in [-0.25, -0.2) is 0 Å². The van der Waals surface area contributed by atoms with Gasteiger partial charge in [-0.05, 0) is 23.5 Å². The van der Waals surface area contributed by atoms with Gasteiger partial charge in [0.1, 0.15) is 0 Å². The highest BCUT2D eigenvalue weighted by Crippen LogP contribution is 2.22. The van der Waals surface area contributed by atoms with E-state index in [-0.39, 0.29) is 11.9 Å². The third-order valence-corrected chi connectivity index (χ3v) is 3.40. The first-order valence-corrected chi connectivity index (χ1v) is 7.55. The number of nitrogens with one attached hydrogen (secondary N) is 2. The van der Waals surface area contributed by atoms with Gasteiger partial charge in [-0.1, -0.05) is 58.9 Å². The van der Waals surface area contributed by atoms with E-state index in [1.54, 1.807) is 0 Å². The van der Waals surface area contributed by atoms with Gasteiger partial charge in [0.15, 0.2) is 0 Å². The molecule has 0 saturated carbocycles. The summed E-state index contributed by atoms with van der Waals surface area (Å²) in [6.07, 6.45) is 1.04. The second kappa shape index (κ2) is 8.05. The minimum atomic E-state index is 0.0527. The minimum absolute atomic E-state index is 0.0527. The number of carbonyl (C=O) groups is 1. The third kappa shape index (κ3) is 5.33. The maximum atomic E-state index is 12.0. The molecule has 1 aromatic rings. The number of amides is 1. The van der Waals surface area contributed by atoms with Crippen molar-refractivity contribution in [3.05, 3.63) is 35.4 Å². The van der Waals surface area contributed by atoms with Gasteiger partial charge >= 0.3 is 0 Å². The molecule has 3 heteroatoms. The fraction of sp³-hybridized carbons (Fsp3) is 0.588. The fourth-order valence-electron chi connectivity index (χ4n) is 2.12. The van der Waals surface area contributed by atoms with Crippen molar-refractivity contribution in [3.63, 3.8) is 0 Å². The highest BCUT2D eigenvalue weighted by Gasteiger charge is 2.18. The van der Waals surface area contributed by atoms with E-state index in [1.807, 2.05) is 13.8 Å². The van der Waals surface area contributed by atoms with Crippen molar-refractivity contribution in [1.29, 1.82) is 0 Å². The van der Waals surface area contributed by atoms with Gasteiger partial charge < -0.3 is 10.6 Å². The zero-order valence-corrected chi connectivity index (χ0v) is 13.4. The summed E-state index contributed by atoms with van der Waals surface area (Å²) < 4.78 is 0. The number of carbonyl (C=O) groups excluding carboxylic acids is 1. The van der Waals surface area contributed by atoms with Crippen LogP contribution < -0.4 is 10.6 Å². The molecular weight excluding hydrogens is 248 g/mol. The Kier molecular flexibility index (Phi) is 6.73. The number of hydrogen-bond donors (Lipinski definition) is 2. The molecule has 1 amide bonds. The molecule has 0 spiro atoms. The molecule has 0 aliphatic rings. The van der Waals surface area contributed by atoms with Gasteiger partial charge in [-0.3, -0.25) is 4.79 Å². The molecule has 112 valence electrons. The van der Waals surface area contributed by atoms with E-state index in [2.05, 4.69) is 55.7 Å². The maximum absolute atomic E-state index is 12.0. The van der Waals surface area contributed by atoms with E-state index in [1.165, 1.54) is 11.1 Å². The van der Waals surface area contributed by atoms with Crippen LogP contribution in [0.5, 0.6) is 0 Å². The van der Waals surface area contributed by atoms with E-state index in [0.717, 1.165) is 6.42 Å². The summed E-state index contributed by atoms with van der Waals surface area (Å²) in [5.74, 6) is 0.419. The molecule has 20 heavy (non-hydrogen) atoms. The summed E-state index contributed by atoms with van der Waals surface area (Å²) in [6, 6.07) is 8.93. The first-order valence-electron chi connectivity index (χ1n) is 7.55. The molecule has 1 aromatic carbocycles. The molecule has 0 radical (unpaired) electrons. The summed E-state index contributed by atoms with van der Waals surface area (Å²) in [4.78, 5) is 12.0. The van der Waals surface area contributed by atoms with Crippen LogP contribution in [0.2, 0.25) is 0 Å².